The zero-order valence-corrected chi connectivity index (χ0v) is 13.0. The Balaban J connectivity index is 1.60. The van der Waals surface area contributed by atoms with E-state index in [1.807, 2.05) is 0 Å². The fourth-order valence-corrected chi connectivity index (χ4v) is 3.01. The molecule has 0 spiro atoms. The van der Waals surface area contributed by atoms with E-state index in [4.69, 9.17) is 4.74 Å². The third-order valence-electron chi connectivity index (χ3n) is 4.13. The lowest BCUT2D eigenvalue weighted by Crippen LogP contribution is -2.35. The van der Waals surface area contributed by atoms with Crippen molar-refractivity contribution in [3.8, 4) is 0 Å². The average Bonchev–Trinajstić information content (AvgIpc) is 2.48. The third kappa shape index (κ3) is 5.26. The van der Waals surface area contributed by atoms with Crippen molar-refractivity contribution in [2.75, 3.05) is 19.8 Å². The van der Waals surface area contributed by atoms with Gasteiger partial charge in [-0.3, -0.25) is 0 Å². The van der Waals surface area contributed by atoms with E-state index in [0.29, 0.717) is 12.0 Å². The summed E-state index contributed by atoms with van der Waals surface area (Å²) in [6, 6.07) is 11.7. The average molecular weight is 275 g/mol. The molecule has 112 valence electrons. The summed E-state index contributed by atoms with van der Waals surface area (Å²) in [5.41, 5.74) is 1.52. The van der Waals surface area contributed by atoms with Crippen LogP contribution in [0.2, 0.25) is 0 Å². The normalized spacial score (nSPS) is 23.1. The maximum atomic E-state index is 5.61. The topological polar surface area (TPSA) is 21.3 Å². The Kier molecular flexibility index (Phi) is 6.55. The zero-order valence-electron chi connectivity index (χ0n) is 13.0. The maximum absolute atomic E-state index is 5.61. The van der Waals surface area contributed by atoms with E-state index in [-0.39, 0.29) is 0 Å². The molecule has 2 rings (SSSR count). The van der Waals surface area contributed by atoms with Gasteiger partial charge in [-0.2, -0.15) is 0 Å². The first-order chi connectivity index (χ1) is 9.75. The lowest BCUT2D eigenvalue weighted by molar-refractivity contribution is 0.108. The second-order valence-corrected chi connectivity index (χ2v) is 6.38. The van der Waals surface area contributed by atoms with Crippen LogP contribution in [-0.4, -0.2) is 25.8 Å². The highest BCUT2D eigenvalue weighted by molar-refractivity contribution is 5.20. The molecule has 0 saturated heterocycles. The SMILES string of the molecule is CC(C)COCCNC1CCC(c2ccccc2)CC1. The van der Waals surface area contributed by atoms with Crippen molar-refractivity contribution in [1.82, 2.24) is 5.32 Å². The Hall–Kier alpha value is -0.860. The summed E-state index contributed by atoms with van der Waals surface area (Å²) < 4.78 is 5.61. The molecule has 2 heteroatoms. The molecule has 1 aromatic rings. The molecule has 1 aliphatic carbocycles. The summed E-state index contributed by atoms with van der Waals surface area (Å²) in [5.74, 6) is 1.41. The van der Waals surface area contributed by atoms with Gasteiger partial charge in [-0.05, 0) is 43.1 Å². The second-order valence-electron chi connectivity index (χ2n) is 6.38. The quantitative estimate of drug-likeness (QED) is 0.760. The predicted octanol–water partition coefficient (Wildman–Crippen LogP) is 3.98. The van der Waals surface area contributed by atoms with Crippen LogP contribution in [0.1, 0.15) is 51.0 Å². The Morgan fingerprint density at radius 2 is 1.80 bits per heavy atom. The van der Waals surface area contributed by atoms with Gasteiger partial charge in [0.05, 0.1) is 6.61 Å². The zero-order chi connectivity index (χ0) is 14.2. The van der Waals surface area contributed by atoms with E-state index in [1.54, 1.807) is 0 Å². The summed E-state index contributed by atoms with van der Waals surface area (Å²) in [6.45, 7) is 7.10. The molecule has 0 unspecified atom stereocenters. The van der Waals surface area contributed by atoms with Crippen LogP contribution in [0.4, 0.5) is 0 Å². The molecule has 0 amide bonds. The molecule has 0 aliphatic heterocycles. The minimum Gasteiger partial charge on any atom is -0.380 e. The number of hydrogen-bond donors (Lipinski definition) is 1. The van der Waals surface area contributed by atoms with E-state index in [1.165, 1.54) is 31.2 Å². The van der Waals surface area contributed by atoms with Crippen LogP contribution in [0.3, 0.4) is 0 Å². The van der Waals surface area contributed by atoms with Crippen LogP contribution < -0.4 is 5.32 Å². The molecule has 1 aromatic carbocycles. The fraction of sp³-hybridized carbons (Fsp3) is 0.667. The maximum Gasteiger partial charge on any atom is 0.0591 e. The number of benzene rings is 1. The van der Waals surface area contributed by atoms with Crippen LogP contribution in [0, 0.1) is 5.92 Å². The lowest BCUT2D eigenvalue weighted by atomic mass is 9.82. The molecular formula is C18H29NO. The molecule has 0 aromatic heterocycles. The van der Waals surface area contributed by atoms with Crippen molar-refractivity contribution in [1.29, 1.82) is 0 Å². The largest absolute Gasteiger partial charge is 0.380 e. The molecule has 0 heterocycles. The highest BCUT2D eigenvalue weighted by Gasteiger charge is 2.21. The van der Waals surface area contributed by atoms with Crippen molar-refractivity contribution >= 4 is 0 Å². The molecule has 20 heavy (non-hydrogen) atoms. The van der Waals surface area contributed by atoms with Gasteiger partial charge < -0.3 is 10.1 Å². The standard InChI is InChI=1S/C18H29NO/c1-15(2)14-20-13-12-19-18-10-8-17(9-11-18)16-6-4-3-5-7-16/h3-7,15,17-19H,8-14H2,1-2H3. The molecular weight excluding hydrogens is 246 g/mol. The van der Waals surface area contributed by atoms with Crippen LogP contribution in [-0.2, 0) is 4.74 Å². The number of ether oxygens (including phenoxy) is 1. The van der Waals surface area contributed by atoms with Crippen molar-refractivity contribution in [3.63, 3.8) is 0 Å². The van der Waals surface area contributed by atoms with Gasteiger partial charge in [-0.25, -0.2) is 0 Å². The van der Waals surface area contributed by atoms with Gasteiger partial charge in [0, 0.05) is 19.2 Å². The molecule has 0 bridgehead atoms. The number of nitrogens with one attached hydrogen (secondary N) is 1. The minimum atomic E-state index is 0.635. The summed E-state index contributed by atoms with van der Waals surface area (Å²) in [5, 5.41) is 3.64. The minimum absolute atomic E-state index is 0.635. The number of hydrogen-bond acceptors (Lipinski definition) is 2. The molecule has 2 nitrogen and oxygen atoms in total. The lowest BCUT2D eigenvalue weighted by Gasteiger charge is -2.29. The van der Waals surface area contributed by atoms with E-state index in [9.17, 15) is 0 Å². The summed E-state index contributed by atoms with van der Waals surface area (Å²) in [6.07, 6.45) is 5.22. The molecule has 1 saturated carbocycles. The first-order valence-corrected chi connectivity index (χ1v) is 8.11. The van der Waals surface area contributed by atoms with Gasteiger partial charge in [0.1, 0.15) is 0 Å². The van der Waals surface area contributed by atoms with Gasteiger partial charge in [0.25, 0.3) is 0 Å². The van der Waals surface area contributed by atoms with Gasteiger partial charge in [0.15, 0.2) is 0 Å². The molecule has 1 fully saturated rings. The van der Waals surface area contributed by atoms with Crippen LogP contribution in [0.5, 0.6) is 0 Å². The molecule has 1 aliphatic rings. The van der Waals surface area contributed by atoms with Crippen LogP contribution >= 0.6 is 0 Å². The predicted molar refractivity (Wildman–Crippen MR) is 85.1 cm³/mol. The number of rotatable bonds is 7. The van der Waals surface area contributed by atoms with Crippen molar-refractivity contribution in [3.05, 3.63) is 35.9 Å². The van der Waals surface area contributed by atoms with E-state index in [2.05, 4.69) is 49.5 Å². The van der Waals surface area contributed by atoms with Gasteiger partial charge in [-0.15, -0.1) is 0 Å². The first kappa shape index (κ1) is 15.5. The Morgan fingerprint density at radius 3 is 2.45 bits per heavy atom. The van der Waals surface area contributed by atoms with Gasteiger partial charge in [0.2, 0.25) is 0 Å². The van der Waals surface area contributed by atoms with Gasteiger partial charge in [-0.1, -0.05) is 44.2 Å². The van der Waals surface area contributed by atoms with Crippen molar-refractivity contribution < 1.29 is 4.74 Å². The van der Waals surface area contributed by atoms with Crippen molar-refractivity contribution in [2.24, 2.45) is 5.92 Å². The fourth-order valence-electron chi connectivity index (χ4n) is 3.01. The molecule has 0 atom stereocenters. The smallest absolute Gasteiger partial charge is 0.0591 e. The van der Waals surface area contributed by atoms with Crippen LogP contribution in [0.15, 0.2) is 30.3 Å². The second kappa shape index (κ2) is 8.43. The van der Waals surface area contributed by atoms with E-state index >= 15 is 0 Å². The third-order valence-corrected chi connectivity index (χ3v) is 4.13. The van der Waals surface area contributed by atoms with E-state index < -0.39 is 0 Å². The van der Waals surface area contributed by atoms with Crippen molar-refractivity contribution in [2.45, 2.75) is 51.5 Å². The molecule has 0 radical (unpaired) electrons. The Morgan fingerprint density at radius 1 is 1.10 bits per heavy atom. The first-order valence-electron chi connectivity index (χ1n) is 8.11. The molecule has 1 N–H and O–H groups in total. The summed E-state index contributed by atoms with van der Waals surface area (Å²) in [7, 11) is 0. The van der Waals surface area contributed by atoms with Crippen LogP contribution in [0.25, 0.3) is 0 Å². The Bertz CT molecular complexity index is 355. The Labute approximate surface area is 123 Å². The summed E-state index contributed by atoms with van der Waals surface area (Å²) in [4.78, 5) is 0. The highest BCUT2D eigenvalue weighted by atomic mass is 16.5. The van der Waals surface area contributed by atoms with E-state index in [0.717, 1.165) is 25.7 Å². The highest BCUT2D eigenvalue weighted by Crippen LogP contribution is 2.32. The van der Waals surface area contributed by atoms with Gasteiger partial charge >= 0.3 is 0 Å². The monoisotopic (exact) mass is 275 g/mol. The summed E-state index contributed by atoms with van der Waals surface area (Å²) >= 11 is 0.